The predicted molar refractivity (Wildman–Crippen MR) is 70.8 cm³/mol. The molecule has 0 aliphatic rings. The number of aliphatic hydroxyl groups excluding tert-OH is 1. The molecule has 0 aliphatic heterocycles. The Morgan fingerprint density at radius 2 is 1.94 bits per heavy atom. The molecule has 1 aromatic heterocycles. The summed E-state index contributed by atoms with van der Waals surface area (Å²) in [5.74, 6) is 0.799. The third kappa shape index (κ3) is 2.51. The summed E-state index contributed by atoms with van der Waals surface area (Å²) in [5.41, 5.74) is 3.37. The molecule has 2 aromatic rings. The second-order valence-electron chi connectivity index (χ2n) is 4.14. The smallest absolute Gasteiger partial charge is 0.129 e. The molecule has 1 atom stereocenters. The van der Waals surface area contributed by atoms with Crippen molar-refractivity contribution in [2.24, 2.45) is 0 Å². The van der Waals surface area contributed by atoms with E-state index < -0.39 is 6.10 Å². The number of aliphatic hydroxyl groups is 1. The third-order valence-electron chi connectivity index (χ3n) is 2.95. The molecule has 17 heavy (non-hydrogen) atoms. The zero-order valence-electron chi connectivity index (χ0n) is 10.2. The number of hydrogen-bond donors (Lipinski definition) is 1. The standard InChI is InChI=1S/C14H16O2S/c1-9-4-5-11(6-10(9)2)14(15)13-7-12(16-3)8-17-13/h4-8,14-15H,1-3H3. The van der Waals surface area contributed by atoms with Crippen LogP contribution < -0.4 is 4.74 Å². The molecule has 0 spiro atoms. The van der Waals surface area contributed by atoms with E-state index in [0.29, 0.717) is 0 Å². The lowest BCUT2D eigenvalue weighted by atomic mass is 10.0. The Balaban J connectivity index is 2.29. The van der Waals surface area contributed by atoms with Crippen LogP contribution in [0.25, 0.3) is 0 Å². The molecular weight excluding hydrogens is 232 g/mol. The van der Waals surface area contributed by atoms with Gasteiger partial charge in [0.25, 0.3) is 0 Å². The number of benzene rings is 1. The fourth-order valence-electron chi connectivity index (χ4n) is 1.68. The van der Waals surface area contributed by atoms with E-state index >= 15 is 0 Å². The van der Waals surface area contributed by atoms with Gasteiger partial charge in [-0.3, -0.25) is 0 Å². The number of methoxy groups -OCH3 is 1. The van der Waals surface area contributed by atoms with Crippen molar-refractivity contribution in [3.8, 4) is 5.75 Å². The quantitative estimate of drug-likeness (QED) is 0.901. The zero-order chi connectivity index (χ0) is 12.4. The summed E-state index contributed by atoms with van der Waals surface area (Å²) < 4.78 is 5.12. The van der Waals surface area contributed by atoms with Gasteiger partial charge < -0.3 is 9.84 Å². The summed E-state index contributed by atoms with van der Waals surface area (Å²) in [6.07, 6.45) is -0.566. The van der Waals surface area contributed by atoms with Gasteiger partial charge >= 0.3 is 0 Å². The second-order valence-corrected chi connectivity index (χ2v) is 5.08. The molecule has 0 fully saturated rings. The van der Waals surface area contributed by atoms with E-state index in [4.69, 9.17) is 4.74 Å². The summed E-state index contributed by atoms with van der Waals surface area (Å²) in [7, 11) is 1.63. The highest BCUT2D eigenvalue weighted by molar-refractivity contribution is 7.10. The molecule has 1 aromatic carbocycles. The third-order valence-corrected chi connectivity index (χ3v) is 3.91. The lowest BCUT2D eigenvalue weighted by Crippen LogP contribution is -1.98. The maximum Gasteiger partial charge on any atom is 0.129 e. The molecule has 1 N–H and O–H groups in total. The van der Waals surface area contributed by atoms with E-state index in [1.54, 1.807) is 7.11 Å². The second kappa shape index (κ2) is 4.90. The van der Waals surface area contributed by atoms with Gasteiger partial charge in [0.2, 0.25) is 0 Å². The van der Waals surface area contributed by atoms with Crippen LogP contribution in [0, 0.1) is 13.8 Å². The molecule has 0 amide bonds. The van der Waals surface area contributed by atoms with Crippen LogP contribution in [0.1, 0.15) is 27.7 Å². The minimum absolute atomic E-state index is 0.566. The Kier molecular flexibility index (Phi) is 3.50. The summed E-state index contributed by atoms with van der Waals surface area (Å²) in [6, 6.07) is 7.93. The first-order chi connectivity index (χ1) is 8.11. The fraction of sp³-hybridized carbons (Fsp3) is 0.286. The van der Waals surface area contributed by atoms with Gasteiger partial charge in [-0.2, -0.15) is 0 Å². The van der Waals surface area contributed by atoms with Crippen LogP contribution in [0.15, 0.2) is 29.6 Å². The van der Waals surface area contributed by atoms with Gasteiger partial charge in [0.15, 0.2) is 0 Å². The van der Waals surface area contributed by atoms with E-state index in [1.807, 2.05) is 29.6 Å². The van der Waals surface area contributed by atoms with Crippen LogP contribution in [0.2, 0.25) is 0 Å². The maximum absolute atomic E-state index is 10.3. The number of hydrogen-bond acceptors (Lipinski definition) is 3. The van der Waals surface area contributed by atoms with Gasteiger partial charge in [0.1, 0.15) is 11.9 Å². The molecule has 0 bridgehead atoms. The molecule has 2 rings (SSSR count). The Bertz CT molecular complexity index is 517. The van der Waals surface area contributed by atoms with Gasteiger partial charge in [-0.25, -0.2) is 0 Å². The number of thiophene rings is 1. The maximum atomic E-state index is 10.3. The summed E-state index contributed by atoms with van der Waals surface area (Å²) >= 11 is 1.51. The van der Waals surface area contributed by atoms with Crippen LogP contribution >= 0.6 is 11.3 Å². The molecule has 0 radical (unpaired) electrons. The zero-order valence-corrected chi connectivity index (χ0v) is 11.0. The van der Waals surface area contributed by atoms with Crippen LogP contribution in [-0.2, 0) is 0 Å². The van der Waals surface area contributed by atoms with Crippen molar-refractivity contribution in [1.82, 2.24) is 0 Å². The highest BCUT2D eigenvalue weighted by atomic mass is 32.1. The fourth-order valence-corrected chi connectivity index (χ4v) is 2.55. The molecule has 1 unspecified atom stereocenters. The van der Waals surface area contributed by atoms with E-state index in [9.17, 15) is 5.11 Å². The van der Waals surface area contributed by atoms with E-state index in [2.05, 4.69) is 13.8 Å². The van der Waals surface area contributed by atoms with E-state index in [-0.39, 0.29) is 0 Å². The Morgan fingerprint density at radius 3 is 2.53 bits per heavy atom. The first-order valence-electron chi connectivity index (χ1n) is 5.49. The van der Waals surface area contributed by atoms with Crippen molar-refractivity contribution in [1.29, 1.82) is 0 Å². The van der Waals surface area contributed by atoms with Crippen LogP contribution in [-0.4, -0.2) is 12.2 Å². The number of rotatable bonds is 3. The largest absolute Gasteiger partial charge is 0.496 e. The normalized spacial score (nSPS) is 12.5. The van der Waals surface area contributed by atoms with Gasteiger partial charge in [-0.15, -0.1) is 11.3 Å². The van der Waals surface area contributed by atoms with Crippen molar-refractivity contribution < 1.29 is 9.84 Å². The molecule has 90 valence electrons. The SMILES string of the molecule is COc1csc(C(O)c2ccc(C)c(C)c2)c1. The van der Waals surface area contributed by atoms with Gasteiger partial charge in [0.05, 0.1) is 7.11 Å². The topological polar surface area (TPSA) is 29.5 Å². The highest BCUT2D eigenvalue weighted by Gasteiger charge is 2.13. The van der Waals surface area contributed by atoms with Gasteiger partial charge in [0, 0.05) is 10.3 Å². The van der Waals surface area contributed by atoms with E-state index in [0.717, 1.165) is 16.2 Å². The monoisotopic (exact) mass is 248 g/mol. The highest BCUT2D eigenvalue weighted by Crippen LogP contribution is 2.31. The van der Waals surface area contributed by atoms with Crippen molar-refractivity contribution in [2.75, 3.05) is 7.11 Å². The minimum atomic E-state index is -0.566. The van der Waals surface area contributed by atoms with Gasteiger partial charge in [-0.05, 0) is 36.6 Å². The van der Waals surface area contributed by atoms with Gasteiger partial charge in [-0.1, -0.05) is 18.2 Å². The minimum Gasteiger partial charge on any atom is -0.496 e. The molecule has 1 heterocycles. The molecule has 3 heteroatoms. The molecule has 2 nitrogen and oxygen atoms in total. The van der Waals surface area contributed by atoms with Crippen molar-refractivity contribution in [3.05, 3.63) is 51.2 Å². The van der Waals surface area contributed by atoms with E-state index in [1.165, 1.54) is 22.5 Å². The van der Waals surface area contributed by atoms with Crippen molar-refractivity contribution in [3.63, 3.8) is 0 Å². The average Bonchev–Trinajstić information content (AvgIpc) is 2.80. The van der Waals surface area contributed by atoms with Crippen LogP contribution in [0.3, 0.4) is 0 Å². The Labute approximate surface area is 105 Å². The predicted octanol–water partition coefficient (Wildman–Crippen LogP) is 3.46. The Hall–Kier alpha value is -1.32. The first kappa shape index (κ1) is 12.1. The average molecular weight is 248 g/mol. The van der Waals surface area contributed by atoms with Crippen LogP contribution in [0.5, 0.6) is 5.75 Å². The molecule has 0 saturated carbocycles. The molecular formula is C14H16O2S. The lowest BCUT2D eigenvalue weighted by molar-refractivity contribution is 0.224. The summed E-state index contributed by atoms with van der Waals surface area (Å²) in [4.78, 5) is 0.908. The van der Waals surface area contributed by atoms with Crippen LogP contribution in [0.4, 0.5) is 0 Å². The molecule has 0 saturated heterocycles. The Morgan fingerprint density at radius 1 is 1.18 bits per heavy atom. The van der Waals surface area contributed by atoms with Crippen molar-refractivity contribution >= 4 is 11.3 Å². The molecule has 0 aliphatic carbocycles. The number of ether oxygens (including phenoxy) is 1. The van der Waals surface area contributed by atoms with Crippen molar-refractivity contribution in [2.45, 2.75) is 20.0 Å². The summed E-state index contributed by atoms with van der Waals surface area (Å²) in [6.45, 7) is 4.13. The first-order valence-corrected chi connectivity index (χ1v) is 6.37. The summed E-state index contributed by atoms with van der Waals surface area (Å²) in [5, 5.41) is 12.2. The lowest BCUT2D eigenvalue weighted by Gasteiger charge is -2.10. The number of aryl methyl sites for hydroxylation is 2.